The number of pyridine rings is 1. The van der Waals surface area contributed by atoms with Crippen molar-refractivity contribution in [3.05, 3.63) is 39.9 Å². The molecular formula is C17H19N5OS. The van der Waals surface area contributed by atoms with Crippen LogP contribution in [-0.4, -0.2) is 25.2 Å². The molecule has 1 aliphatic carbocycles. The van der Waals surface area contributed by atoms with Gasteiger partial charge in [-0.05, 0) is 32.8 Å². The Bertz CT molecular complexity index is 990. The summed E-state index contributed by atoms with van der Waals surface area (Å²) in [7, 11) is 1.89. The van der Waals surface area contributed by atoms with E-state index in [4.69, 9.17) is 4.98 Å². The van der Waals surface area contributed by atoms with E-state index >= 15 is 0 Å². The molecule has 0 spiro atoms. The van der Waals surface area contributed by atoms with E-state index in [0.717, 1.165) is 29.6 Å². The number of fused-ring (bicyclic) bond motifs is 1. The zero-order chi connectivity index (χ0) is 16.8. The molecule has 0 unspecified atom stereocenters. The van der Waals surface area contributed by atoms with Crippen molar-refractivity contribution in [2.24, 2.45) is 12.0 Å². The van der Waals surface area contributed by atoms with Crippen molar-refractivity contribution in [2.45, 2.75) is 38.6 Å². The second-order valence-corrected chi connectivity index (χ2v) is 7.38. The highest BCUT2D eigenvalue weighted by atomic mass is 32.1. The van der Waals surface area contributed by atoms with Crippen LogP contribution in [0.2, 0.25) is 0 Å². The van der Waals surface area contributed by atoms with Crippen molar-refractivity contribution in [2.75, 3.05) is 0 Å². The Morgan fingerprint density at radius 1 is 1.42 bits per heavy atom. The first-order chi connectivity index (χ1) is 11.5. The first-order valence-electron chi connectivity index (χ1n) is 8.12. The summed E-state index contributed by atoms with van der Waals surface area (Å²) in [5.74, 6) is 0.236. The van der Waals surface area contributed by atoms with Gasteiger partial charge in [-0.15, -0.1) is 11.3 Å². The topological polar surface area (TPSA) is 65.1 Å². The van der Waals surface area contributed by atoms with Gasteiger partial charge in [0.15, 0.2) is 10.4 Å². The molecule has 124 valence electrons. The maximum absolute atomic E-state index is 12.8. The molecule has 0 N–H and O–H groups in total. The van der Waals surface area contributed by atoms with Gasteiger partial charge in [0.25, 0.3) is 5.91 Å². The molecule has 4 rings (SSSR count). The van der Waals surface area contributed by atoms with E-state index in [1.54, 1.807) is 6.20 Å². The van der Waals surface area contributed by atoms with E-state index in [0.29, 0.717) is 16.3 Å². The highest BCUT2D eigenvalue weighted by Crippen LogP contribution is 2.40. The molecule has 1 fully saturated rings. The van der Waals surface area contributed by atoms with Crippen LogP contribution in [0.4, 0.5) is 0 Å². The Morgan fingerprint density at radius 3 is 2.83 bits per heavy atom. The molecule has 24 heavy (non-hydrogen) atoms. The first-order valence-corrected chi connectivity index (χ1v) is 9.00. The lowest BCUT2D eigenvalue weighted by Crippen LogP contribution is -2.13. The fraction of sp³-hybridized carbons (Fsp3) is 0.412. The summed E-state index contributed by atoms with van der Waals surface area (Å²) >= 11 is 1.45. The van der Waals surface area contributed by atoms with E-state index < -0.39 is 0 Å². The molecule has 0 aliphatic heterocycles. The lowest BCUT2D eigenvalue weighted by molar-refractivity contribution is 0.0999. The molecule has 1 saturated carbocycles. The van der Waals surface area contributed by atoms with Crippen LogP contribution in [0.1, 0.15) is 54.7 Å². The summed E-state index contributed by atoms with van der Waals surface area (Å²) < 4.78 is 3.73. The van der Waals surface area contributed by atoms with Crippen LogP contribution in [0.5, 0.6) is 0 Å². The van der Waals surface area contributed by atoms with Crippen LogP contribution in [0.15, 0.2) is 28.8 Å². The van der Waals surface area contributed by atoms with Gasteiger partial charge in [-0.1, -0.05) is 0 Å². The zero-order valence-corrected chi connectivity index (χ0v) is 14.7. The van der Waals surface area contributed by atoms with Crippen molar-refractivity contribution < 1.29 is 4.79 Å². The maximum Gasteiger partial charge on any atom is 0.280 e. The predicted molar refractivity (Wildman–Crippen MR) is 93.1 cm³/mol. The number of aryl methyl sites for hydroxylation is 1. The van der Waals surface area contributed by atoms with E-state index in [1.807, 2.05) is 33.9 Å². The number of nitrogens with zero attached hydrogens (tertiary/aromatic N) is 5. The average molecular weight is 341 g/mol. The number of hydrogen-bond donors (Lipinski definition) is 0. The third-order valence-corrected chi connectivity index (χ3v) is 5.11. The summed E-state index contributed by atoms with van der Waals surface area (Å²) in [4.78, 5) is 22.6. The molecule has 0 bridgehead atoms. The second-order valence-electron chi connectivity index (χ2n) is 6.50. The summed E-state index contributed by atoms with van der Waals surface area (Å²) in [5.41, 5.74) is 2.37. The molecule has 3 aromatic heterocycles. The minimum absolute atomic E-state index is 0.194. The van der Waals surface area contributed by atoms with Gasteiger partial charge in [0.1, 0.15) is 0 Å². The third kappa shape index (κ3) is 2.58. The monoisotopic (exact) mass is 341 g/mol. The normalized spacial score (nSPS) is 15.6. The molecule has 0 atom stereocenters. The van der Waals surface area contributed by atoms with Gasteiger partial charge >= 0.3 is 0 Å². The molecule has 1 aliphatic rings. The predicted octanol–water partition coefficient (Wildman–Crippen LogP) is 3.03. The average Bonchev–Trinajstić information content (AvgIpc) is 3.19. The number of hydrogen-bond acceptors (Lipinski definition) is 4. The van der Waals surface area contributed by atoms with Gasteiger partial charge in [-0.3, -0.25) is 4.79 Å². The van der Waals surface area contributed by atoms with Crippen LogP contribution in [-0.2, 0) is 7.05 Å². The summed E-state index contributed by atoms with van der Waals surface area (Å²) in [6.45, 7) is 4.13. The maximum atomic E-state index is 12.8. The quantitative estimate of drug-likeness (QED) is 0.735. The largest absolute Gasteiger partial charge is 0.327 e. The Labute approximate surface area is 143 Å². The minimum atomic E-state index is -0.231. The number of carbonyl (C=O) groups excluding carboxylic acids is 1. The van der Waals surface area contributed by atoms with Crippen molar-refractivity contribution >= 4 is 28.3 Å². The van der Waals surface area contributed by atoms with Crippen LogP contribution < -0.4 is 4.80 Å². The number of carbonyl (C=O) groups is 1. The van der Waals surface area contributed by atoms with Crippen molar-refractivity contribution in [3.8, 4) is 0 Å². The van der Waals surface area contributed by atoms with Crippen LogP contribution >= 0.6 is 11.3 Å². The highest BCUT2D eigenvalue weighted by molar-refractivity contribution is 7.07. The highest BCUT2D eigenvalue weighted by Gasteiger charge is 2.28. The van der Waals surface area contributed by atoms with Crippen LogP contribution in [0.25, 0.3) is 11.0 Å². The van der Waals surface area contributed by atoms with Crippen molar-refractivity contribution in [3.63, 3.8) is 0 Å². The fourth-order valence-electron chi connectivity index (χ4n) is 2.76. The third-order valence-electron chi connectivity index (χ3n) is 4.26. The molecule has 0 aromatic carbocycles. The lowest BCUT2D eigenvalue weighted by Gasteiger charge is -2.08. The summed E-state index contributed by atoms with van der Waals surface area (Å²) in [5, 5.41) is 7.13. The summed E-state index contributed by atoms with van der Waals surface area (Å²) in [6, 6.07) is 2.10. The van der Waals surface area contributed by atoms with E-state index in [2.05, 4.69) is 23.9 Å². The molecule has 1 amide bonds. The molecule has 0 saturated heterocycles. The first kappa shape index (κ1) is 15.3. The summed E-state index contributed by atoms with van der Waals surface area (Å²) in [6.07, 6.45) is 5.90. The lowest BCUT2D eigenvalue weighted by atomic mass is 10.1. The van der Waals surface area contributed by atoms with E-state index in [-0.39, 0.29) is 11.9 Å². The molecule has 6 nitrogen and oxygen atoms in total. The SMILES string of the molecule is CC(C)n1ncc2c(C(=O)N=c3sccn3C)cc(C3CC3)nc21. The molecular weight excluding hydrogens is 322 g/mol. The van der Waals surface area contributed by atoms with Crippen molar-refractivity contribution in [1.82, 2.24) is 19.3 Å². The Morgan fingerprint density at radius 2 is 2.21 bits per heavy atom. The molecule has 7 heteroatoms. The van der Waals surface area contributed by atoms with Crippen LogP contribution in [0, 0.1) is 0 Å². The van der Waals surface area contributed by atoms with Gasteiger partial charge in [-0.25, -0.2) is 9.67 Å². The number of aromatic nitrogens is 4. The van der Waals surface area contributed by atoms with Gasteiger partial charge < -0.3 is 4.57 Å². The Kier molecular flexibility index (Phi) is 3.60. The number of thiazole rings is 1. The van der Waals surface area contributed by atoms with Gasteiger partial charge in [-0.2, -0.15) is 10.1 Å². The second kappa shape index (κ2) is 5.66. The van der Waals surface area contributed by atoms with Gasteiger partial charge in [0.05, 0.1) is 17.1 Å². The number of rotatable bonds is 3. The zero-order valence-electron chi connectivity index (χ0n) is 13.9. The Balaban J connectivity index is 1.90. The van der Waals surface area contributed by atoms with Crippen molar-refractivity contribution in [1.29, 1.82) is 0 Å². The number of amides is 1. The molecule has 3 aromatic rings. The molecule has 0 radical (unpaired) electrons. The van der Waals surface area contributed by atoms with E-state index in [9.17, 15) is 4.79 Å². The van der Waals surface area contributed by atoms with Crippen LogP contribution in [0.3, 0.4) is 0 Å². The Hall–Kier alpha value is -2.28. The van der Waals surface area contributed by atoms with Gasteiger partial charge in [0.2, 0.25) is 0 Å². The smallest absolute Gasteiger partial charge is 0.280 e. The molecule has 3 heterocycles. The fourth-order valence-corrected chi connectivity index (χ4v) is 3.49. The minimum Gasteiger partial charge on any atom is -0.327 e. The standard InChI is InChI=1S/C17H19N5OS/c1-10(2)22-15-13(9-18-22)12(8-14(19-15)11-4-5-11)16(23)20-17-21(3)6-7-24-17/h6-11H,4-5H2,1-3H3. The van der Waals surface area contributed by atoms with E-state index in [1.165, 1.54) is 11.3 Å². The van der Waals surface area contributed by atoms with Gasteiger partial charge in [0, 0.05) is 36.3 Å².